The molecule has 0 aliphatic heterocycles. The number of rotatable bonds is 5. The largest absolute Gasteiger partial charge is 0.399 e. The maximum atomic E-state index is 10.9. The standard InChI is InChI=1S/C11H15N3O5/c1-6(15)13-5-10(16)11(17)8-3-2-7(12)4-9(8)14(18)19/h2-4,10-11,16-17H,5,12H2,1H3,(H,13,15). The minimum atomic E-state index is -1.49. The van der Waals surface area contributed by atoms with Gasteiger partial charge in [-0.15, -0.1) is 0 Å². The number of aliphatic hydroxyl groups excluding tert-OH is 2. The molecule has 0 fully saturated rings. The van der Waals surface area contributed by atoms with Crippen LogP contribution >= 0.6 is 0 Å². The second-order valence-corrected chi connectivity index (χ2v) is 4.02. The van der Waals surface area contributed by atoms with Gasteiger partial charge in [-0.25, -0.2) is 0 Å². The maximum absolute atomic E-state index is 10.9. The fourth-order valence-corrected chi connectivity index (χ4v) is 1.54. The molecular weight excluding hydrogens is 254 g/mol. The van der Waals surface area contributed by atoms with Gasteiger partial charge in [-0.05, 0) is 12.1 Å². The zero-order valence-electron chi connectivity index (χ0n) is 10.2. The van der Waals surface area contributed by atoms with Crippen molar-refractivity contribution in [2.45, 2.75) is 19.1 Å². The van der Waals surface area contributed by atoms with E-state index < -0.39 is 17.1 Å². The molecule has 0 aromatic heterocycles. The van der Waals surface area contributed by atoms with Crippen LogP contribution in [0.3, 0.4) is 0 Å². The van der Waals surface area contributed by atoms with E-state index in [-0.39, 0.29) is 29.4 Å². The topological polar surface area (TPSA) is 139 Å². The van der Waals surface area contributed by atoms with Crippen molar-refractivity contribution in [2.75, 3.05) is 12.3 Å². The number of carbonyl (C=O) groups is 1. The van der Waals surface area contributed by atoms with Gasteiger partial charge in [-0.1, -0.05) is 0 Å². The number of nitrogen functional groups attached to an aromatic ring is 1. The minimum absolute atomic E-state index is 0.0583. The Bertz CT molecular complexity index is 491. The van der Waals surface area contributed by atoms with Crippen LogP contribution in [0.25, 0.3) is 0 Å². The van der Waals surface area contributed by atoms with E-state index in [1.54, 1.807) is 0 Å². The van der Waals surface area contributed by atoms with E-state index in [1.807, 2.05) is 0 Å². The summed E-state index contributed by atoms with van der Waals surface area (Å²) in [7, 11) is 0. The molecule has 1 aromatic carbocycles. The van der Waals surface area contributed by atoms with Gasteiger partial charge in [0, 0.05) is 25.2 Å². The quantitative estimate of drug-likeness (QED) is 0.329. The molecule has 1 aromatic rings. The highest BCUT2D eigenvalue weighted by molar-refractivity contribution is 5.72. The first kappa shape index (κ1) is 14.9. The van der Waals surface area contributed by atoms with E-state index in [4.69, 9.17) is 5.73 Å². The smallest absolute Gasteiger partial charge is 0.277 e. The summed E-state index contributed by atoms with van der Waals surface area (Å²) in [5, 5.41) is 32.7. The summed E-state index contributed by atoms with van der Waals surface area (Å²) in [6.45, 7) is 1.04. The first-order valence-corrected chi connectivity index (χ1v) is 5.47. The first-order valence-electron chi connectivity index (χ1n) is 5.47. The van der Waals surface area contributed by atoms with Crippen LogP contribution in [0.2, 0.25) is 0 Å². The number of nitrogens with zero attached hydrogens (tertiary/aromatic N) is 1. The third-order valence-corrected chi connectivity index (χ3v) is 2.49. The van der Waals surface area contributed by atoms with Gasteiger partial charge in [0.2, 0.25) is 5.91 Å². The van der Waals surface area contributed by atoms with Gasteiger partial charge in [-0.3, -0.25) is 14.9 Å². The van der Waals surface area contributed by atoms with Crippen LogP contribution in [0.1, 0.15) is 18.6 Å². The molecule has 2 unspecified atom stereocenters. The molecule has 0 spiro atoms. The Labute approximate surface area is 109 Å². The van der Waals surface area contributed by atoms with Crippen LogP contribution in [0.15, 0.2) is 18.2 Å². The molecule has 8 nitrogen and oxygen atoms in total. The molecule has 1 amide bonds. The van der Waals surface area contributed by atoms with E-state index in [9.17, 15) is 25.1 Å². The fourth-order valence-electron chi connectivity index (χ4n) is 1.54. The molecule has 5 N–H and O–H groups in total. The monoisotopic (exact) mass is 269 g/mol. The maximum Gasteiger partial charge on any atom is 0.277 e. The summed E-state index contributed by atoms with van der Waals surface area (Å²) in [4.78, 5) is 20.9. The summed E-state index contributed by atoms with van der Waals surface area (Å²) in [5.74, 6) is -0.377. The molecule has 0 aliphatic rings. The molecule has 0 saturated carbocycles. The number of nitrogens with two attached hydrogens (primary N) is 1. The number of anilines is 1. The van der Waals surface area contributed by atoms with Gasteiger partial charge in [0.15, 0.2) is 0 Å². The summed E-state index contributed by atoms with van der Waals surface area (Å²) >= 11 is 0. The molecule has 0 heterocycles. The van der Waals surface area contributed by atoms with E-state index in [0.29, 0.717) is 0 Å². The van der Waals surface area contributed by atoms with E-state index in [1.165, 1.54) is 19.1 Å². The summed E-state index contributed by atoms with van der Waals surface area (Å²) in [6, 6.07) is 3.76. The Morgan fingerprint density at radius 2 is 2.16 bits per heavy atom. The van der Waals surface area contributed by atoms with E-state index in [0.717, 1.165) is 6.07 Å². The Kier molecular flexibility index (Phi) is 4.79. The molecular formula is C11H15N3O5. The molecule has 0 bridgehead atoms. The van der Waals surface area contributed by atoms with Crippen molar-refractivity contribution in [1.82, 2.24) is 5.32 Å². The highest BCUT2D eigenvalue weighted by atomic mass is 16.6. The van der Waals surface area contributed by atoms with Crippen LogP contribution in [-0.4, -0.2) is 33.7 Å². The molecule has 0 radical (unpaired) electrons. The zero-order valence-corrected chi connectivity index (χ0v) is 10.2. The van der Waals surface area contributed by atoms with Crippen molar-refractivity contribution in [3.8, 4) is 0 Å². The lowest BCUT2D eigenvalue weighted by molar-refractivity contribution is -0.386. The summed E-state index contributed by atoms with van der Waals surface area (Å²) in [6.07, 6.45) is -2.85. The minimum Gasteiger partial charge on any atom is -0.399 e. The van der Waals surface area contributed by atoms with Crippen LogP contribution in [0, 0.1) is 10.1 Å². The number of nitro groups is 1. The SMILES string of the molecule is CC(=O)NCC(O)C(O)c1ccc(N)cc1[N+](=O)[O-]. The van der Waals surface area contributed by atoms with Crippen molar-refractivity contribution < 1.29 is 19.9 Å². The third-order valence-electron chi connectivity index (χ3n) is 2.49. The van der Waals surface area contributed by atoms with Crippen LogP contribution in [0.4, 0.5) is 11.4 Å². The second-order valence-electron chi connectivity index (χ2n) is 4.02. The summed E-state index contributed by atoms with van der Waals surface area (Å²) in [5.41, 5.74) is 5.18. The molecule has 0 aliphatic carbocycles. The number of hydrogen-bond acceptors (Lipinski definition) is 6. The molecule has 104 valence electrons. The lowest BCUT2D eigenvalue weighted by atomic mass is 10.0. The second kappa shape index (κ2) is 6.12. The highest BCUT2D eigenvalue weighted by Crippen LogP contribution is 2.29. The van der Waals surface area contributed by atoms with Gasteiger partial charge in [-0.2, -0.15) is 0 Å². The van der Waals surface area contributed by atoms with Crippen LogP contribution in [-0.2, 0) is 4.79 Å². The van der Waals surface area contributed by atoms with Crippen LogP contribution in [0.5, 0.6) is 0 Å². The molecule has 19 heavy (non-hydrogen) atoms. The molecule has 2 atom stereocenters. The fraction of sp³-hybridized carbons (Fsp3) is 0.364. The van der Waals surface area contributed by atoms with Gasteiger partial charge in [0.05, 0.1) is 10.5 Å². The lowest BCUT2D eigenvalue weighted by Crippen LogP contribution is -2.34. The normalized spacial score (nSPS) is 13.6. The van der Waals surface area contributed by atoms with Crippen molar-refractivity contribution in [1.29, 1.82) is 0 Å². The Balaban J connectivity index is 2.95. The zero-order chi connectivity index (χ0) is 14.6. The average Bonchev–Trinajstić information content (AvgIpc) is 2.34. The number of nitrogens with one attached hydrogen (secondary N) is 1. The van der Waals surface area contributed by atoms with Gasteiger partial charge in [0.1, 0.15) is 12.2 Å². The van der Waals surface area contributed by atoms with Crippen molar-refractivity contribution in [3.05, 3.63) is 33.9 Å². The highest BCUT2D eigenvalue weighted by Gasteiger charge is 2.26. The predicted octanol–water partition coefficient (Wildman–Crippen LogP) is -0.293. The van der Waals surface area contributed by atoms with E-state index >= 15 is 0 Å². The average molecular weight is 269 g/mol. The Morgan fingerprint density at radius 3 is 2.68 bits per heavy atom. The van der Waals surface area contributed by atoms with Crippen molar-refractivity contribution in [2.24, 2.45) is 0 Å². The number of aliphatic hydroxyl groups is 2. The number of benzene rings is 1. The Morgan fingerprint density at radius 1 is 1.53 bits per heavy atom. The van der Waals surface area contributed by atoms with Gasteiger partial charge < -0.3 is 21.3 Å². The number of hydrogen-bond donors (Lipinski definition) is 4. The van der Waals surface area contributed by atoms with E-state index in [2.05, 4.69) is 5.32 Å². The Hall–Kier alpha value is -2.19. The number of carbonyl (C=O) groups excluding carboxylic acids is 1. The lowest BCUT2D eigenvalue weighted by Gasteiger charge is -2.18. The van der Waals surface area contributed by atoms with Gasteiger partial charge in [0.25, 0.3) is 5.69 Å². The number of nitro benzene ring substituents is 1. The first-order chi connectivity index (χ1) is 8.82. The van der Waals surface area contributed by atoms with Crippen molar-refractivity contribution >= 4 is 17.3 Å². The molecule has 1 rings (SSSR count). The van der Waals surface area contributed by atoms with Crippen LogP contribution < -0.4 is 11.1 Å². The summed E-state index contributed by atoms with van der Waals surface area (Å²) < 4.78 is 0. The molecule has 8 heteroatoms. The molecule has 0 saturated heterocycles. The van der Waals surface area contributed by atoms with Crippen molar-refractivity contribution in [3.63, 3.8) is 0 Å². The predicted molar refractivity (Wildman–Crippen MR) is 67.2 cm³/mol. The third kappa shape index (κ3) is 3.90. The van der Waals surface area contributed by atoms with Gasteiger partial charge >= 0.3 is 0 Å². The number of amides is 1.